The highest BCUT2D eigenvalue weighted by Gasteiger charge is 2.30. The molecule has 2 N–H and O–H groups in total. The van der Waals surface area contributed by atoms with E-state index in [-0.39, 0.29) is 36.9 Å². The highest BCUT2D eigenvalue weighted by atomic mass is 35.5. The number of hydrogen-bond donors (Lipinski definition) is 2. The summed E-state index contributed by atoms with van der Waals surface area (Å²) in [6.07, 6.45) is 1.12. The van der Waals surface area contributed by atoms with Crippen molar-refractivity contribution in [2.75, 3.05) is 19.7 Å². The van der Waals surface area contributed by atoms with Crippen molar-refractivity contribution in [3.63, 3.8) is 0 Å². The van der Waals surface area contributed by atoms with Crippen LogP contribution in [0.15, 0.2) is 41.6 Å². The summed E-state index contributed by atoms with van der Waals surface area (Å²) in [5.74, 6) is 0.248. The monoisotopic (exact) mass is 456 g/mol. The Morgan fingerprint density at radius 3 is 2.83 bits per heavy atom. The van der Waals surface area contributed by atoms with Crippen molar-refractivity contribution < 1.29 is 14.3 Å². The Morgan fingerprint density at radius 2 is 2.07 bits per heavy atom. The molecule has 2 aromatic rings. The molecular formula is C19H19Cl3N4O3. The maximum Gasteiger partial charge on any atom is 0.246 e. The minimum atomic E-state index is -0.362. The summed E-state index contributed by atoms with van der Waals surface area (Å²) < 4.78 is 12.3. The zero-order valence-electron chi connectivity index (χ0n) is 15.2. The van der Waals surface area contributed by atoms with Gasteiger partial charge in [0.05, 0.1) is 34.3 Å². The lowest BCUT2D eigenvalue weighted by Crippen LogP contribution is -2.35. The molecule has 0 spiro atoms. The molecule has 1 aromatic heterocycles. The van der Waals surface area contributed by atoms with Crippen molar-refractivity contribution in [3.05, 3.63) is 57.7 Å². The first-order valence-electron chi connectivity index (χ1n) is 8.86. The van der Waals surface area contributed by atoms with Crippen LogP contribution in [0.4, 0.5) is 0 Å². The molecule has 0 bridgehead atoms. The van der Waals surface area contributed by atoms with E-state index in [1.807, 2.05) is 12.1 Å². The number of halogens is 3. The Hall–Kier alpha value is -1.90. The van der Waals surface area contributed by atoms with E-state index in [0.717, 1.165) is 5.56 Å². The van der Waals surface area contributed by atoms with Crippen LogP contribution >= 0.6 is 35.6 Å². The van der Waals surface area contributed by atoms with Crippen molar-refractivity contribution in [1.82, 2.24) is 15.7 Å². The molecule has 3 heterocycles. The number of hydrogen-bond acceptors (Lipinski definition) is 6. The second kappa shape index (κ2) is 9.73. The average Bonchev–Trinajstić information content (AvgIpc) is 2.99. The average molecular weight is 458 g/mol. The fraction of sp³-hybridized carbons (Fsp3) is 0.316. The molecule has 10 heteroatoms. The van der Waals surface area contributed by atoms with Crippen molar-refractivity contribution in [3.8, 4) is 5.88 Å². The van der Waals surface area contributed by atoms with E-state index in [0.29, 0.717) is 46.9 Å². The number of rotatable bonds is 4. The van der Waals surface area contributed by atoms with Crippen molar-refractivity contribution in [1.29, 1.82) is 0 Å². The molecule has 1 aromatic carbocycles. The number of aromatic nitrogens is 1. The van der Waals surface area contributed by atoms with Gasteiger partial charge in [-0.1, -0.05) is 29.3 Å². The highest BCUT2D eigenvalue weighted by Crippen LogP contribution is 2.32. The summed E-state index contributed by atoms with van der Waals surface area (Å²) in [5, 5.41) is 8.33. The standard InChI is InChI=1S/C19H18Cl2N4O3.ClH/c20-13-4-3-11(8-14(13)21)18-16(10-22-6-7-27-18)28-19-12(2-1-5-23-19)15-9-17(26)25-24-15;/h1-5,8,16,18,22H,6-7,9-10H2,(H,25,26);1H/t16-,18+;/m1./s1. The van der Waals surface area contributed by atoms with E-state index in [1.165, 1.54) is 0 Å². The van der Waals surface area contributed by atoms with Gasteiger partial charge in [0, 0.05) is 19.3 Å². The Labute approximate surface area is 184 Å². The van der Waals surface area contributed by atoms with Gasteiger partial charge < -0.3 is 14.8 Å². The van der Waals surface area contributed by atoms with Gasteiger partial charge in [-0.2, -0.15) is 5.10 Å². The summed E-state index contributed by atoms with van der Waals surface area (Å²) in [5.41, 5.74) is 4.61. The van der Waals surface area contributed by atoms with Crippen LogP contribution in [0.3, 0.4) is 0 Å². The molecule has 29 heavy (non-hydrogen) atoms. The van der Waals surface area contributed by atoms with Gasteiger partial charge in [0.15, 0.2) is 0 Å². The Morgan fingerprint density at radius 1 is 1.21 bits per heavy atom. The van der Waals surface area contributed by atoms with Crippen LogP contribution in [-0.2, 0) is 9.53 Å². The minimum Gasteiger partial charge on any atom is -0.469 e. The smallest absolute Gasteiger partial charge is 0.246 e. The van der Waals surface area contributed by atoms with E-state index in [2.05, 4.69) is 20.8 Å². The van der Waals surface area contributed by atoms with E-state index in [9.17, 15) is 4.79 Å². The summed E-state index contributed by atoms with van der Waals surface area (Å²) >= 11 is 12.2. The Kier molecular flexibility index (Phi) is 7.32. The third-order valence-corrected chi connectivity index (χ3v) is 5.26. The first kappa shape index (κ1) is 21.8. The summed E-state index contributed by atoms with van der Waals surface area (Å²) in [7, 11) is 0. The largest absolute Gasteiger partial charge is 0.469 e. The molecule has 2 aliphatic rings. The zero-order chi connectivity index (χ0) is 19.5. The second-order valence-electron chi connectivity index (χ2n) is 6.45. The number of amides is 1. The summed E-state index contributed by atoms with van der Waals surface area (Å²) in [6, 6.07) is 9.03. The number of carbonyl (C=O) groups is 1. The van der Waals surface area contributed by atoms with Gasteiger partial charge in [-0.3, -0.25) is 4.79 Å². The quantitative estimate of drug-likeness (QED) is 0.737. The van der Waals surface area contributed by atoms with Crippen LogP contribution in [0.5, 0.6) is 5.88 Å². The molecule has 0 unspecified atom stereocenters. The van der Waals surface area contributed by atoms with Crippen LogP contribution in [0.2, 0.25) is 10.0 Å². The SMILES string of the molecule is Cl.O=C1CC(c2cccnc2O[C@@H]2CNCCO[C@H]2c2ccc(Cl)c(Cl)c2)=NN1. The highest BCUT2D eigenvalue weighted by molar-refractivity contribution is 6.42. The molecule has 1 saturated heterocycles. The van der Waals surface area contributed by atoms with Gasteiger partial charge in [-0.05, 0) is 29.8 Å². The zero-order valence-corrected chi connectivity index (χ0v) is 17.6. The number of pyridine rings is 1. The Balaban J connectivity index is 0.00000240. The molecule has 1 fully saturated rings. The van der Waals surface area contributed by atoms with Gasteiger partial charge in [-0.25, -0.2) is 10.4 Å². The molecule has 7 nitrogen and oxygen atoms in total. The van der Waals surface area contributed by atoms with Crippen LogP contribution in [0.1, 0.15) is 23.7 Å². The molecule has 2 atom stereocenters. The van der Waals surface area contributed by atoms with Crippen molar-refractivity contribution >= 4 is 47.2 Å². The summed E-state index contributed by atoms with van der Waals surface area (Å²) in [4.78, 5) is 15.9. The molecular weight excluding hydrogens is 439 g/mol. The van der Waals surface area contributed by atoms with Crippen LogP contribution in [0.25, 0.3) is 0 Å². The normalized spacial score (nSPS) is 21.6. The molecule has 4 rings (SSSR count). The van der Waals surface area contributed by atoms with Gasteiger partial charge in [0.2, 0.25) is 11.8 Å². The molecule has 0 saturated carbocycles. The fourth-order valence-electron chi connectivity index (χ4n) is 3.18. The van der Waals surface area contributed by atoms with Gasteiger partial charge in [-0.15, -0.1) is 12.4 Å². The van der Waals surface area contributed by atoms with E-state index >= 15 is 0 Å². The van der Waals surface area contributed by atoms with E-state index < -0.39 is 0 Å². The maximum atomic E-state index is 11.5. The Bertz CT molecular complexity index is 925. The second-order valence-corrected chi connectivity index (χ2v) is 7.27. The van der Waals surface area contributed by atoms with Crippen LogP contribution < -0.4 is 15.5 Å². The lowest BCUT2D eigenvalue weighted by molar-refractivity contribution is -0.119. The van der Waals surface area contributed by atoms with E-state index in [4.69, 9.17) is 32.7 Å². The number of hydrazone groups is 1. The lowest BCUT2D eigenvalue weighted by atomic mass is 10.0. The number of nitrogens with one attached hydrogen (secondary N) is 2. The van der Waals surface area contributed by atoms with Crippen molar-refractivity contribution in [2.45, 2.75) is 18.6 Å². The first-order chi connectivity index (χ1) is 13.6. The third kappa shape index (κ3) is 4.99. The van der Waals surface area contributed by atoms with Gasteiger partial charge in [0.25, 0.3) is 0 Å². The summed E-state index contributed by atoms with van der Waals surface area (Å²) in [6.45, 7) is 1.80. The maximum absolute atomic E-state index is 11.5. The topological polar surface area (TPSA) is 84.8 Å². The van der Waals surface area contributed by atoms with Gasteiger partial charge >= 0.3 is 0 Å². The third-order valence-electron chi connectivity index (χ3n) is 4.52. The molecule has 1 amide bonds. The molecule has 2 aliphatic heterocycles. The predicted octanol–water partition coefficient (Wildman–Crippen LogP) is 3.14. The minimum absolute atomic E-state index is 0. The van der Waals surface area contributed by atoms with Crippen molar-refractivity contribution in [2.24, 2.45) is 5.10 Å². The van der Waals surface area contributed by atoms with Crippen LogP contribution in [0, 0.1) is 0 Å². The number of ether oxygens (including phenoxy) is 2. The fourth-order valence-corrected chi connectivity index (χ4v) is 3.49. The molecule has 154 valence electrons. The molecule has 0 radical (unpaired) electrons. The van der Waals surface area contributed by atoms with Gasteiger partial charge in [0.1, 0.15) is 12.2 Å². The number of nitrogens with zero attached hydrogens (tertiary/aromatic N) is 2. The predicted molar refractivity (Wildman–Crippen MR) is 113 cm³/mol. The van der Waals surface area contributed by atoms with Crippen LogP contribution in [-0.4, -0.2) is 42.4 Å². The first-order valence-corrected chi connectivity index (χ1v) is 9.62. The number of benzene rings is 1. The molecule has 0 aliphatic carbocycles. The number of carbonyl (C=O) groups excluding carboxylic acids is 1. The van der Waals surface area contributed by atoms with E-state index in [1.54, 1.807) is 24.4 Å². The lowest BCUT2D eigenvalue weighted by Gasteiger charge is -2.26.